The molecule has 174 valence electrons. The molecule has 0 aromatic heterocycles. The van der Waals surface area contributed by atoms with Gasteiger partial charge < -0.3 is 0 Å². The lowest BCUT2D eigenvalue weighted by atomic mass is 9.83. The van der Waals surface area contributed by atoms with Crippen LogP contribution in [0.25, 0.3) is 0 Å². The maximum atomic E-state index is 2.68. The summed E-state index contributed by atoms with van der Waals surface area (Å²) in [7, 11) is 0.0246. The molecule has 0 N–H and O–H groups in total. The molecule has 1 aliphatic heterocycles. The summed E-state index contributed by atoms with van der Waals surface area (Å²) in [6, 6.07) is 7.91. The van der Waals surface area contributed by atoms with E-state index in [9.17, 15) is 0 Å². The molecule has 1 saturated heterocycles. The molecule has 2 aliphatic carbocycles. The van der Waals surface area contributed by atoms with Crippen molar-refractivity contribution in [2.24, 2.45) is 11.8 Å². The Morgan fingerprint density at radius 1 is 0.677 bits per heavy atom. The first-order valence-corrected chi connectivity index (χ1v) is 15.7. The molecule has 0 spiro atoms. The summed E-state index contributed by atoms with van der Waals surface area (Å²) in [4.78, 5) is 0. The van der Waals surface area contributed by atoms with Gasteiger partial charge in [0.15, 0.2) is 0 Å². The summed E-state index contributed by atoms with van der Waals surface area (Å²) in [5.41, 5.74) is 5.49. The fraction of sp³-hybridized carbons (Fsp3) is 0.800. The van der Waals surface area contributed by atoms with Crippen molar-refractivity contribution in [3.8, 4) is 0 Å². The normalized spacial score (nSPS) is 28.3. The summed E-state index contributed by atoms with van der Waals surface area (Å²) in [6.07, 6.45) is 26.3. The molecule has 0 amide bonds. The van der Waals surface area contributed by atoms with Crippen LogP contribution in [0.5, 0.6) is 0 Å². The molecule has 0 radical (unpaired) electrons. The molecule has 1 heterocycles. The van der Waals surface area contributed by atoms with Crippen LogP contribution < -0.4 is 5.30 Å². The molecule has 2 saturated carbocycles. The van der Waals surface area contributed by atoms with E-state index in [2.05, 4.69) is 32.0 Å². The Labute approximate surface area is 195 Å². The third-order valence-corrected chi connectivity index (χ3v) is 12.7. The topological polar surface area (TPSA) is 0 Å². The highest BCUT2D eigenvalue weighted by Crippen LogP contribution is 2.63. The zero-order valence-corrected chi connectivity index (χ0v) is 21.6. The van der Waals surface area contributed by atoms with E-state index in [0.29, 0.717) is 0 Å². The summed E-state index contributed by atoms with van der Waals surface area (Å²) >= 11 is 0. The number of unbranched alkanes of at least 4 members (excludes halogenated alkanes) is 2. The van der Waals surface area contributed by atoms with Gasteiger partial charge in [-0.3, -0.25) is 0 Å². The van der Waals surface area contributed by atoms with Crippen molar-refractivity contribution >= 4 is 13.2 Å². The van der Waals surface area contributed by atoms with Crippen LogP contribution in [0.15, 0.2) is 18.2 Å². The zero-order valence-electron chi connectivity index (χ0n) is 20.7. The molecule has 0 nitrogen and oxygen atoms in total. The fourth-order valence-corrected chi connectivity index (χ4v) is 11.5. The first-order valence-electron chi connectivity index (χ1n) is 14.2. The molecule has 1 aromatic rings. The fourth-order valence-electron chi connectivity index (χ4n) is 7.18. The van der Waals surface area contributed by atoms with Crippen LogP contribution in [-0.2, 0) is 12.8 Å². The summed E-state index contributed by atoms with van der Waals surface area (Å²) < 4.78 is 0. The highest BCUT2D eigenvalue weighted by Gasteiger charge is 2.44. The average Bonchev–Trinajstić information content (AvgIpc) is 3.27. The van der Waals surface area contributed by atoms with Gasteiger partial charge in [0.25, 0.3) is 0 Å². The molecular weight excluding hydrogens is 391 g/mol. The van der Waals surface area contributed by atoms with Gasteiger partial charge >= 0.3 is 0 Å². The highest BCUT2D eigenvalue weighted by atomic mass is 31.1. The lowest BCUT2D eigenvalue weighted by molar-refractivity contribution is 0.332. The van der Waals surface area contributed by atoms with Crippen LogP contribution in [0.4, 0.5) is 0 Å². The number of benzene rings is 1. The van der Waals surface area contributed by atoms with E-state index in [1.807, 2.05) is 5.30 Å². The van der Waals surface area contributed by atoms with Crippen molar-refractivity contribution < 1.29 is 0 Å². The van der Waals surface area contributed by atoms with Crippen molar-refractivity contribution in [3.05, 3.63) is 29.3 Å². The first-order chi connectivity index (χ1) is 15.3. The Morgan fingerprint density at radius 2 is 1.23 bits per heavy atom. The van der Waals surface area contributed by atoms with E-state index in [0.717, 1.165) is 23.2 Å². The van der Waals surface area contributed by atoms with Crippen molar-refractivity contribution in [1.29, 1.82) is 0 Å². The molecule has 3 fully saturated rings. The van der Waals surface area contributed by atoms with Gasteiger partial charge in [0.1, 0.15) is 0 Å². The Bertz CT molecular complexity index is 626. The number of hydrogen-bond acceptors (Lipinski definition) is 0. The van der Waals surface area contributed by atoms with Crippen molar-refractivity contribution in [3.63, 3.8) is 0 Å². The number of rotatable bonds is 9. The quantitative estimate of drug-likeness (QED) is 0.336. The van der Waals surface area contributed by atoms with E-state index in [1.54, 1.807) is 49.7 Å². The number of aryl methyl sites for hydroxylation is 2. The summed E-state index contributed by atoms with van der Waals surface area (Å²) in [5, 5.41) is 1.88. The van der Waals surface area contributed by atoms with E-state index in [-0.39, 0.29) is 7.92 Å². The van der Waals surface area contributed by atoms with E-state index < -0.39 is 0 Å². The minimum atomic E-state index is 0.0246. The molecule has 1 aromatic carbocycles. The molecule has 0 bridgehead atoms. The third kappa shape index (κ3) is 5.96. The first kappa shape index (κ1) is 23.8. The van der Waals surface area contributed by atoms with Crippen LogP contribution in [-0.4, -0.2) is 11.3 Å². The predicted octanol–water partition coefficient (Wildman–Crippen LogP) is 9.17. The second kappa shape index (κ2) is 12.2. The van der Waals surface area contributed by atoms with Gasteiger partial charge in [0.2, 0.25) is 0 Å². The van der Waals surface area contributed by atoms with Crippen molar-refractivity contribution in [1.82, 2.24) is 0 Å². The monoisotopic (exact) mass is 440 g/mol. The molecule has 3 aliphatic rings. The van der Waals surface area contributed by atoms with E-state index in [1.165, 1.54) is 77.0 Å². The Balaban J connectivity index is 1.65. The highest BCUT2D eigenvalue weighted by molar-refractivity contribution is 7.67. The van der Waals surface area contributed by atoms with Gasteiger partial charge in [0.05, 0.1) is 0 Å². The minimum absolute atomic E-state index is 0.0246. The lowest BCUT2D eigenvalue weighted by Gasteiger charge is -2.38. The minimum Gasteiger partial charge on any atom is -0.0681 e. The van der Waals surface area contributed by atoms with Gasteiger partial charge in [-0.25, -0.2) is 0 Å². The summed E-state index contributed by atoms with van der Waals surface area (Å²) in [6.45, 7) is 4.70. The Morgan fingerprint density at radius 3 is 1.77 bits per heavy atom. The second-order valence-electron chi connectivity index (χ2n) is 11.1. The van der Waals surface area contributed by atoms with Crippen LogP contribution >= 0.6 is 7.92 Å². The maximum Gasteiger partial charge on any atom is -0.0138 e. The largest absolute Gasteiger partial charge is 0.0681 e. The predicted molar refractivity (Wildman–Crippen MR) is 140 cm³/mol. The lowest BCUT2D eigenvalue weighted by Crippen LogP contribution is -2.29. The average molecular weight is 441 g/mol. The summed E-state index contributed by atoms with van der Waals surface area (Å²) in [5.74, 6) is 2.10. The second-order valence-corrected chi connectivity index (χ2v) is 13.7. The van der Waals surface area contributed by atoms with Crippen LogP contribution in [0.2, 0.25) is 0 Å². The van der Waals surface area contributed by atoms with Gasteiger partial charge in [-0.05, 0) is 104 Å². The molecular formula is C30H49P. The van der Waals surface area contributed by atoms with Gasteiger partial charge in [-0.1, -0.05) is 91.3 Å². The smallest absolute Gasteiger partial charge is 0.0138 e. The van der Waals surface area contributed by atoms with Gasteiger partial charge in [-0.15, -0.1) is 0 Å². The van der Waals surface area contributed by atoms with E-state index >= 15 is 0 Å². The van der Waals surface area contributed by atoms with Crippen molar-refractivity contribution in [2.45, 2.75) is 141 Å². The van der Waals surface area contributed by atoms with Crippen LogP contribution in [0.1, 0.15) is 128 Å². The third-order valence-electron chi connectivity index (χ3n) is 8.90. The van der Waals surface area contributed by atoms with E-state index in [4.69, 9.17) is 0 Å². The number of hydrogen-bond donors (Lipinski definition) is 0. The van der Waals surface area contributed by atoms with Crippen molar-refractivity contribution in [2.75, 3.05) is 0 Å². The molecule has 2 unspecified atom stereocenters. The van der Waals surface area contributed by atoms with Gasteiger partial charge in [-0.2, -0.15) is 0 Å². The van der Waals surface area contributed by atoms with Gasteiger partial charge in [0, 0.05) is 0 Å². The molecule has 2 atom stereocenters. The zero-order chi connectivity index (χ0) is 21.5. The SMILES string of the molecule is CCCCc1ccc(P2C(C3CCCCC3)CCC2C2CCCCC2)c(CCCC)c1. The molecule has 31 heavy (non-hydrogen) atoms. The Hall–Kier alpha value is -0.350. The molecule has 4 rings (SSSR count). The van der Waals surface area contributed by atoms with Crippen LogP contribution in [0, 0.1) is 11.8 Å². The maximum absolute atomic E-state index is 2.68. The molecule has 1 heteroatoms. The van der Waals surface area contributed by atoms with Crippen LogP contribution in [0.3, 0.4) is 0 Å². The Kier molecular flexibility index (Phi) is 9.37. The standard InChI is InChI=1S/C30H49P/c1-3-5-13-24-19-20-30(27(23-24)14-6-4-2)31-28(25-15-9-7-10-16-25)21-22-29(31)26-17-11-8-12-18-26/h19-20,23,25-26,28-29H,3-18,21-22H2,1-2H3.